The molecule has 1 aromatic carbocycles. The van der Waals surface area contributed by atoms with E-state index in [-0.39, 0.29) is 28.9 Å². The highest BCUT2D eigenvalue weighted by atomic mass is 19.4. The fraction of sp³-hybridized carbons (Fsp3) is 0.0645. The summed E-state index contributed by atoms with van der Waals surface area (Å²) in [6, 6.07) is 15.9. The van der Waals surface area contributed by atoms with Gasteiger partial charge in [0.1, 0.15) is 12.1 Å². The molecule has 0 saturated carbocycles. The van der Waals surface area contributed by atoms with Crippen LogP contribution in [0, 0.1) is 11.9 Å². The molecule has 0 aliphatic heterocycles. The highest BCUT2D eigenvalue weighted by Crippen LogP contribution is 2.36. The number of fused-ring (bicyclic) bond motifs is 1. The van der Waals surface area contributed by atoms with Gasteiger partial charge in [0.25, 0.3) is 5.65 Å². The van der Waals surface area contributed by atoms with Crippen molar-refractivity contribution < 1.29 is 31.6 Å². The van der Waals surface area contributed by atoms with Gasteiger partial charge in [-0.25, -0.2) is 19.3 Å². The lowest BCUT2D eigenvalue weighted by Crippen LogP contribution is -2.44. The van der Waals surface area contributed by atoms with E-state index in [1.807, 2.05) is 0 Å². The molecule has 6 rings (SSSR count). The van der Waals surface area contributed by atoms with Gasteiger partial charge in [-0.15, -0.1) is 0 Å². The van der Waals surface area contributed by atoms with E-state index in [1.165, 1.54) is 51.8 Å². The summed E-state index contributed by atoms with van der Waals surface area (Å²) < 4.78 is 71.0. The maximum Gasteiger partial charge on any atom is 0.416 e. The smallest absolute Gasteiger partial charge is 0.416 e. The zero-order chi connectivity index (χ0) is 30.3. The fourth-order valence-electron chi connectivity index (χ4n) is 4.72. The number of halogens is 5. The Morgan fingerprint density at radius 2 is 1.47 bits per heavy atom. The molecule has 5 aromatic heterocycles. The minimum Gasteiger partial charge on any atom is -0.842 e. The number of rotatable bonds is 5. The lowest BCUT2D eigenvalue weighted by Gasteiger charge is -2.19. The number of hydrogen-bond donors (Lipinski definition) is 0. The highest BCUT2D eigenvalue weighted by molar-refractivity contribution is 5.75. The van der Waals surface area contributed by atoms with Crippen LogP contribution >= 0.6 is 0 Å². The second-order valence-corrected chi connectivity index (χ2v) is 9.59. The van der Waals surface area contributed by atoms with Gasteiger partial charge in [-0.3, -0.25) is 4.98 Å². The van der Waals surface area contributed by atoms with Gasteiger partial charge in [-0.05, 0) is 65.7 Å². The van der Waals surface area contributed by atoms with Crippen LogP contribution in [0.3, 0.4) is 0 Å². The molecule has 43 heavy (non-hydrogen) atoms. The van der Waals surface area contributed by atoms with Crippen LogP contribution in [0.5, 0.6) is 5.88 Å². The minimum atomic E-state index is -4.81. The third-order valence-electron chi connectivity index (χ3n) is 6.80. The first-order valence-electron chi connectivity index (χ1n) is 12.7. The molecule has 0 unspecified atom stereocenters. The van der Waals surface area contributed by atoms with Crippen molar-refractivity contribution in [3.8, 4) is 39.4 Å². The van der Waals surface area contributed by atoms with Crippen LogP contribution in [-0.4, -0.2) is 19.4 Å². The predicted octanol–water partition coefficient (Wildman–Crippen LogP) is 5.19. The first-order chi connectivity index (χ1) is 20.6. The van der Waals surface area contributed by atoms with E-state index in [0.717, 1.165) is 24.4 Å². The van der Waals surface area contributed by atoms with Gasteiger partial charge in [0, 0.05) is 41.3 Å². The number of alkyl halides is 3. The summed E-state index contributed by atoms with van der Waals surface area (Å²) in [5.74, 6) is -2.27. The molecule has 0 aliphatic carbocycles. The molecule has 5 heterocycles. The summed E-state index contributed by atoms with van der Waals surface area (Å²) in [7, 11) is 0. The maximum atomic E-state index is 14.0. The molecule has 0 spiro atoms. The molecule has 0 N–H and O–H groups in total. The molecule has 0 radical (unpaired) electrons. The molecule has 0 saturated heterocycles. The van der Waals surface area contributed by atoms with Crippen molar-refractivity contribution in [3.05, 3.63) is 131 Å². The third kappa shape index (κ3) is 5.42. The number of aromatic nitrogens is 5. The number of nitrogens with zero attached hydrogens (tertiary/aromatic N) is 5. The Kier molecular flexibility index (Phi) is 6.88. The molecule has 214 valence electrons. The van der Waals surface area contributed by atoms with E-state index in [9.17, 15) is 31.9 Å². The van der Waals surface area contributed by atoms with Gasteiger partial charge in [0.2, 0.25) is 11.9 Å². The van der Waals surface area contributed by atoms with Crippen molar-refractivity contribution in [1.29, 1.82) is 0 Å². The van der Waals surface area contributed by atoms with Crippen molar-refractivity contribution in [2.24, 2.45) is 0 Å². The summed E-state index contributed by atoms with van der Waals surface area (Å²) in [5.41, 5.74) is -0.637. The summed E-state index contributed by atoms with van der Waals surface area (Å²) >= 11 is 0. The molecule has 0 fully saturated rings. The molecule has 0 amide bonds. The number of hydrogen-bond acceptors (Lipinski definition) is 5. The Morgan fingerprint density at radius 3 is 2.09 bits per heavy atom. The van der Waals surface area contributed by atoms with Crippen LogP contribution in [0.1, 0.15) is 11.1 Å². The van der Waals surface area contributed by atoms with Crippen LogP contribution in [0.15, 0.2) is 102 Å². The van der Waals surface area contributed by atoms with Crippen LogP contribution in [0.2, 0.25) is 0 Å². The Balaban J connectivity index is 1.50. The van der Waals surface area contributed by atoms with Crippen LogP contribution in [0.25, 0.3) is 39.2 Å². The molecular weight excluding hydrogens is 569 g/mol. The van der Waals surface area contributed by atoms with Crippen LogP contribution in [0.4, 0.5) is 22.0 Å². The van der Waals surface area contributed by atoms with Crippen LogP contribution in [-0.2, 0) is 12.7 Å². The Labute approximate surface area is 239 Å². The molecule has 7 nitrogen and oxygen atoms in total. The van der Waals surface area contributed by atoms with Gasteiger partial charge in [-0.2, -0.15) is 26.4 Å². The maximum absolute atomic E-state index is 14.0. The lowest BCUT2D eigenvalue weighted by molar-refractivity contribution is -0.708. The van der Waals surface area contributed by atoms with E-state index >= 15 is 0 Å². The first-order valence-corrected chi connectivity index (χ1v) is 12.7. The van der Waals surface area contributed by atoms with E-state index in [0.29, 0.717) is 16.8 Å². The van der Waals surface area contributed by atoms with Gasteiger partial charge in [0.15, 0.2) is 0 Å². The van der Waals surface area contributed by atoms with Crippen molar-refractivity contribution in [2.75, 3.05) is 0 Å². The largest absolute Gasteiger partial charge is 0.842 e. The monoisotopic (exact) mass is 587 g/mol. The van der Waals surface area contributed by atoms with E-state index in [4.69, 9.17) is 0 Å². The second kappa shape index (κ2) is 10.7. The highest BCUT2D eigenvalue weighted by Gasteiger charge is 2.32. The molecule has 12 heteroatoms. The van der Waals surface area contributed by atoms with Crippen molar-refractivity contribution in [2.45, 2.75) is 12.7 Å². The molecule has 0 aliphatic rings. The topological polar surface area (TPSA) is 87.1 Å². The number of benzene rings is 1. The minimum absolute atomic E-state index is 0.00379. The molecule has 0 atom stereocenters. The van der Waals surface area contributed by atoms with E-state index in [2.05, 4.69) is 15.0 Å². The molecule has 6 aromatic rings. The number of pyridine rings is 4. The standard InChI is InChI=1S/C31H18F5N5O2/c32-25-8-5-19(15-38-25)21-11-22(13-23(12-21)31(34,35)36)28-29(42)40-10-2-1-3-27(40)41(30(28)43)17-18-4-7-24(37-14-18)20-6-9-26(33)39-16-20/h1-16H,17H2. The zero-order valence-corrected chi connectivity index (χ0v) is 21.9. The molecular formula is C31H18F5N5O2. The second-order valence-electron chi connectivity index (χ2n) is 9.59. The van der Waals surface area contributed by atoms with Gasteiger partial charge in [-0.1, -0.05) is 12.1 Å². The van der Waals surface area contributed by atoms with Crippen molar-refractivity contribution >= 4 is 5.65 Å². The average Bonchev–Trinajstić information content (AvgIpc) is 3.00. The third-order valence-corrected chi connectivity index (χ3v) is 6.80. The van der Waals surface area contributed by atoms with Crippen molar-refractivity contribution in [3.63, 3.8) is 0 Å². The van der Waals surface area contributed by atoms with Crippen molar-refractivity contribution in [1.82, 2.24) is 19.4 Å². The average molecular weight is 588 g/mol. The summed E-state index contributed by atoms with van der Waals surface area (Å²) in [6.07, 6.45) is 0.505. The quantitative estimate of drug-likeness (QED) is 0.157. The van der Waals surface area contributed by atoms with Crippen LogP contribution < -0.4 is 15.2 Å². The van der Waals surface area contributed by atoms with Gasteiger partial charge < -0.3 is 5.11 Å². The Bertz CT molecular complexity index is 2030. The zero-order valence-electron chi connectivity index (χ0n) is 21.9. The SMILES string of the molecule is O=c1c(-c2cc(-c3ccc(F)nc3)cc(C(F)(F)F)c2)c([O-])[n+](Cc2ccc(-c3ccc(F)nc3)nc2)c2ccccn12. The van der Waals surface area contributed by atoms with E-state index < -0.39 is 40.6 Å². The predicted molar refractivity (Wildman–Crippen MR) is 143 cm³/mol. The first kappa shape index (κ1) is 27.6. The Morgan fingerprint density at radius 1 is 0.767 bits per heavy atom. The summed E-state index contributed by atoms with van der Waals surface area (Å²) in [5, 5.41) is 13.9. The Hall–Kier alpha value is -5.52. The fourth-order valence-corrected chi connectivity index (χ4v) is 4.72. The summed E-state index contributed by atoms with van der Waals surface area (Å²) in [4.78, 5) is 25.1. The van der Waals surface area contributed by atoms with E-state index in [1.54, 1.807) is 30.3 Å². The van der Waals surface area contributed by atoms with Gasteiger partial charge >= 0.3 is 11.7 Å². The normalized spacial score (nSPS) is 11.7. The van der Waals surface area contributed by atoms with Gasteiger partial charge in [0.05, 0.1) is 23.3 Å². The molecule has 0 bridgehead atoms. The lowest BCUT2D eigenvalue weighted by atomic mass is 9.97. The summed E-state index contributed by atoms with van der Waals surface area (Å²) in [6.45, 7) is -0.0672.